The van der Waals surface area contributed by atoms with Crippen LogP contribution in [0.25, 0.3) is 0 Å². The van der Waals surface area contributed by atoms with Gasteiger partial charge in [0.1, 0.15) is 5.75 Å². The molecule has 0 amide bonds. The summed E-state index contributed by atoms with van der Waals surface area (Å²) in [5.41, 5.74) is 1.65. The number of nitrogens with one attached hydrogen (secondary N) is 1. The number of aromatic nitrogens is 2. The lowest BCUT2D eigenvalue weighted by atomic mass is 10.1. The zero-order valence-corrected chi connectivity index (χ0v) is 9.37. The molecule has 2 aromatic rings. The highest BCUT2D eigenvalue weighted by Crippen LogP contribution is 2.23. The van der Waals surface area contributed by atoms with Gasteiger partial charge in [0.15, 0.2) is 0 Å². The number of hydrogen-bond donors (Lipinski definition) is 1. The van der Waals surface area contributed by atoms with Gasteiger partial charge in [0.25, 0.3) is 0 Å². The van der Waals surface area contributed by atoms with Crippen LogP contribution in [-0.4, -0.2) is 16.3 Å². The number of rotatable bonds is 4. The molecule has 0 aliphatic heterocycles. The molecule has 0 radical (unpaired) electrons. The Hall–Kier alpha value is -1.98. The van der Waals surface area contributed by atoms with E-state index in [1.807, 2.05) is 0 Å². The predicted octanol–water partition coefficient (Wildman–Crippen LogP) is 3.09. The molecule has 3 nitrogen and oxygen atoms in total. The fraction of sp³-hybridized carbons (Fsp3) is 0.250. The van der Waals surface area contributed by atoms with Crippen LogP contribution in [0.2, 0.25) is 0 Å². The largest absolute Gasteiger partial charge is 0.573 e. The van der Waals surface area contributed by atoms with Gasteiger partial charge in [0.2, 0.25) is 0 Å². The second-order valence-electron chi connectivity index (χ2n) is 3.76. The van der Waals surface area contributed by atoms with Gasteiger partial charge in [0, 0.05) is 6.20 Å². The summed E-state index contributed by atoms with van der Waals surface area (Å²) in [4.78, 5) is 6.87. The summed E-state index contributed by atoms with van der Waals surface area (Å²) in [6.45, 7) is 0. The van der Waals surface area contributed by atoms with Crippen molar-refractivity contribution in [2.75, 3.05) is 0 Å². The van der Waals surface area contributed by atoms with Gasteiger partial charge in [-0.05, 0) is 30.5 Å². The molecule has 0 spiro atoms. The maximum Gasteiger partial charge on any atom is 0.573 e. The molecule has 2 rings (SSSR count). The number of imidazole rings is 1. The summed E-state index contributed by atoms with van der Waals surface area (Å²) in [7, 11) is 0. The van der Waals surface area contributed by atoms with Gasteiger partial charge >= 0.3 is 6.36 Å². The van der Waals surface area contributed by atoms with Crippen molar-refractivity contribution in [3.05, 3.63) is 48.0 Å². The van der Waals surface area contributed by atoms with E-state index in [1.54, 1.807) is 24.7 Å². The number of nitrogens with zero attached hydrogens (tertiary/aromatic N) is 1. The minimum absolute atomic E-state index is 0.193. The fourth-order valence-electron chi connectivity index (χ4n) is 1.60. The third-order valence-corrected chi connectivity index (χ3v) is 2.36. The summed E-state index contributed by atoms with van der Waals surface area (Å²) >= 11 is 0. The minimum Gasteiger partial charge on any atom is -0.406 e. The Balaban J connectivity index is 1.99. The Labute approximate surface area is 102 Å². The van der Waals surface area contributed by atoms with Crippen molar-refractivity contribution >= 4 is 0 Å². The zero-order chi connectivity index (χ0) is 13.0. The second kappa shape index (κ2) is 5.12. The fourth-order valence-corrected chi connectivity index (χ4v) is 1.60. The van der Waals surface area contributed by atoms with Crippen LogP contribution in [0.4, 0.5) is 13.2 Å². The van der Waals surface area contributed by atoms with Crippen molar-refractivity contribution in [3.8, 4) is 5.75 Å². The molecule has 0 atom stereocenters. The predicted molar refractivity (Wildman–Crippen MR) is 59.1 cm³/mol. The van der Waals surface area contributed by atoms with E-state index in [4.69, 9.17) is 0 Å². The monoisotopic (exact) mass is 256 g/mol. The third-order valence-electron chi connectivity index (χ3n) is 2.36. The van der Waals surface area contributed by atoms with E-state index in [9.17, 15) is 13.2 Å². The number of alkyl halides is 3. The Bertz CT molecular complexity index is 494. The van der Waals surface area contributed by atoms with Crippen LogP contribution in [0, 0.1) is 0 Å². The van der Waals surface area contributed by atoms with Gasteiger partial charge in [-0.1, -0.05) is 12.1 Å². The number of H-pyrrole nitrogens is 1. The van der Waals surface area contributed by atoms with Gasteiger partial charge in [-0.15, -0.1) is 13.2 Å². The van der Waals surface area contributed by atoms with Crippen molar-refractivity contribution in [3.63, 3.8) is 0 Å². The summed E-state index contributed by atoms with van der Waals surface area (Å²) in [6.07, 6.45) is -0.0473. The molecule has 0 unspecified atom stereocenters. The molecule has 96 valence electrons. The Morgan fingerprint density at radius 1 is 1.22 bits per heavy atom. The van der Waals surface area contributed by atoms with Crippen LogP contribution < -0.4 is 4.74 Å². The minimum atomic E-state index is -4.65. The molecule has 0 saturated heterocycles. The van der Waals surface area contributed by atoms with E-state index in [0.717, 1.165) is 11.3 Å². The molecule has 1 heterocycles. The maximum absolute atomic E-state index is 12.0. The molecular weight excluding hydrogens is 245 g/mol. The SMILES string of the molecule is FC(F)(F)Oc1cccc(CCc2c[nH]cn2)c1. The molecule has 0 aliphatic rings. The van der Waals surface area contributed by atoms with Crippen LogP contribution in [0.3, 0.4) is 0 Å². The highest BCUT2D eigenvalue weighted by atomic mass is 19.4. The van der Waals surface area contributed by atoms with Crippen molar-refractivity contribution in [1.29, 1.82) is 0 Å². The topological polar surface area (TPSA) is 37.9 Å². The van der Waals surface area contributed by atoms with Gasteiger partial charge < -0.3 is 9.72 Å². The Morgan fingerprint density at radius 3 is 2.72 bits per heavy atom. The Morgan fingerprint density at radius 2 is 2.06 bits per heavy atom. The Kier molecular flexibility index (Phi) is 3.55. The number of benzene rings is 1. The maximum atomic E-state index is 12.0. The van der Waals surface area contributed by atoms with E-state index in [0.29, 0.717) is 12.8 Å². The molecule has 0 fully saturated rings. The molecule has 6 heteroatoms. The highest BCUT2D eigenvalue weighted by molar-refractivity contribution is 5.29. The quantitative estimate of drug-likeness (QED) is 0.912. The number of hydrogen-bond acceptors (Lipinski definition) is 2. The normalized spacial score (nSPS) is 11.5. The molecule has 0 saturated carbocycles. The van der Waals surface area contributed by atoms with Crippen LogP contribution in [0.5, 0.6) is 5.75 Å². The lowest BCUT2D eigenvalue weighted by molar-refractivity contribution is -0.274. The summed E-state index contributed by atoms with van der Waals surface area (Å²) in [5.74, 6) is -0.193. The molecule has 1 aromatic heterocycles. The molecule has 0 aliphatic carbocycles. The second-order valence-corrected chi connectivity index (χ2v) is 3.76. The van der Waals surface area contributed by atoms with E-state index in [-0.39, 0.29) is 5.75 Å². The molecule has 18 heavy (non-hydrogen) atoms. The first kappa shape index (κ1) is 12.5. The number of aromatic amines is 1. The lowest BCUT2D eigenvalue weighted by Crippen LogP contribution is -2.17. The summed E-state index contributed by atoms with van der Waals surface area (Å²) < 4.78 is 40.0. The van der Waals surface area contributed by atoms with Gasteiger partial charge in [-0.2, -0.15) is 0 Å². The third kappa shape index (κ3) is 3.80. The summed E-state index contributed by atoms with van der Waals surface area (Å²) in [6, 6.07) is 5.97. The van der Waals surface area contributed by atoms with E-state index in [2.05, 4.69) is 14.7 Å². The standard InChI is InChI=1S/C12H11F3N2O/c13-12(14,15)18-11-3-1-2-9(6-11)4-5-10-7-16-8-17-10/h1-3,6-8H,4-5H2,(H,16,17). The highest BCUT2D eigenvalue weighted by Gasteiger charge is 2.31. The van der Waals surface area contributed by atoms with Crippen molar-refractivity contribution in [1.82, 2.24) is 9.97 Å². The number of ether oxygens (including phenoxy) is 1. The molecule has 1 N–H and O–H groups in total. The van der Waals surface area contributed by atoms with Crippen LogP contribution in [0.15, 0.2) is 36.8 Å². The number of halogens is 3. The van der Waals surface area contributed by atoms with Gasteiger partial charge in [-0.3, -0.25) is 0 Å². The zero-order valence-electron chi connectivity index (χ0n) is 9.37. The van der Waals surface area contributed by atoms with Crippen LogP contribution in [0.1, 0.15) is 11.3 Å². The van der Waals surface area contributed by atoms with Gasteiger partial charge in [-0.25, -0.2) is 4.98 Å². The lowest BCUT2D eigenvalue weighted by Gasteiger charge is -2.09. The van der Waals surface area contributed by atoms with E-state index < -0.39 is 6.36 Å². The van der Waals surface area contributed by atoms with Crippen LogP contribution in [-0.2, 0) is 12.8 Å². The van der Waals surface area contributed by atoms with Crippen molar-refractivity contribution in [2.24, 2.45) is 0 Å². The molecular formula is C12H11F3N2O. The van der Waals surface area contributed by atoms with E-state index >= 15 is 0 Å². The first-order valence-electron chi connectivity index (χ1n) is 5.35. The van der Waals surface area contributed by atoms with Crippen molar-refractivity contribution in [2.45, 2.75) is 19.2 Å². The number of aryl methyl sites for hydroxylation is 2. The average molecular weight is 256 g/mol. The van der Waals surface area contributed by atoms with Crippen LogP contribution >= 0.6 is 0 Å². The van der Waals surface area contributed by atoms with E-state index in [1.165, 1.54) is 12.1 Å². The first-order chi connectivity index (χ1) is 8.53. The van der Waals surface area contributed by atoms with Gasteiger partial charge in [0.05, 0.1) is 12.0 Å². The average Bonchev–Trinajstić information content (AvgIpc) is 2.77. The van der Waals surface area contributed by atoms with Crippen molar-refractivity contribution < 1.29 is 17.9 Å². The summed E-state index contributed by atoms with van der Waals surface area (Å²) in [5, 5.41) is 0. The molecule has 0 bridgehead atoms. The smallest absolute Gasteiger partial charge is 0.406 e. The first-order valence-corrected chi connectivity index (χ1v) is 5.35. The molecule has 1 aromatic carbocycles.